The van der Waals surface area contributed by atoms with Gasteiger partial charge in [0.25, 0.3) is 11.8 Å². The number of methoxy groups -OCH3 is 1. The van der Waals surface area contributed by atoms with Gasteiger partial charge in [0.05, 0.1) is 30.9 Å². The van der Waals surface area contributed by atoms with E-state index in [0.29, 0.717) is 28.3 Å². The molecule has 1 fully saturated rings. The first-order valence-corrected chi connectivity index (χ1v) is 13.4. The Kier molecular flexibility index (Phi) is 7.65. The maximum atomic E-state index is 14.0. The van der Waals surface area contributed by atoms with Crippen molar-refractivity contribution in [1.29, 1.82) is 0 Å². The van der Waals surface area contributed by atoms with Crippen molar-refractivity contribution in [2.75, 3.05) is 17.3 Å². The van der Waals surface area contributed by atoms with Gasteiger partial charge in [0.1, 0.15) is 5.75 Å². The van der Waals surface area contributed by atoms with Crippen molar-refractivity contribution in [2.24, 2.45) is 5.73 Å². The summed E-state index contributed by atoms with van der Waals surface area (Å²) in [5.41, 5.74) is 9.96. The molecule has 4 N–H and O–H groups in total. The highest BCUT2D eigenvalue weighted by Gasteiger charge is 2.35. The number of carbonyl (C=O) groups is 3. The van der Waals surface area contributed by atoms with Crippen LogP contribution in [0.15, 0.2) is 66.7 Å². The predicted octanol–water partition coefficient (Wildman–Crippen LogP) is 4.73. The number of hydrogen-bond donors (Lipinski definition) is 3. The molecule has 1 aliphatic heterocycles. The van der Waals surface area contributed by atoms with E-state index in [4.69, 9.17) is 10.5 Å². The minimum absolute atomic E-state index is 0.0676. The third-order valence-electron chi connectivity index (χ3n) is 7.64. The third kappa shape index (κ3) is 5.66. The van der Waals surface area contributed by atoms with Gasteiger partial charge in [-0.25, -0.2) is 0 Å². The van der Waals surface area contributed by atoms with Crippen molar-refractivity contribution in [3.63, 3.8) is 0 Å². The van der Waals surface area contributed by atoms with Gasteiger partial charge in [0, 0.05) is 23.2 Å². The van der Waals surface area contributed by atoms with Crippen LogP contribution in [0.2, 0.25) is 0 Å². The number of nitrogens with two attached hydrogens (primary N) is 1. The molecule has 202 valence electrons. The number of anilines is 2. The molecule has 0 saturated heterocycles. The van der Waals surface area contributed by atoms with E-state index < -0.39 is 6.04 Å². The molecule has 8 nitrogen and oxygen atoms in total. The topological polar surface area (TPSA) is 114 Å². The molecule has 0 radical (unpaired) electrons. The fourth-order valence-corrected chi connectivity index (χ4v) is 5.39. The summed E-state index contributed by atoms with van der Waals surface area (Å²) in [6.45, 7) is 1.99. The summed E-state index contributed by atoms with van der Waals surface area (Å²) in [5, 5.41) is 6.00. The van der Waals surface area contributed by atoms with Crippen LogP contribution in [0.3, 0.4) is 0 Å². The molecule has 3 amide bonds. The zero-order valence-electron chi connectivity index (χ0n) is 22.3. The van der Waals surface area contributed by atoms with Gasteiger partial charge in [-0.2, -0.15) is 0 Å². The van der Waals surface area contributed by atoms with Crippen LogP contribution in [0.25, 0.3) is 0 Å². The summed E-state index contributed by atoms with van der Waals surface area (Å²) >= 11 is 0. The Hall–Kier alpha value is -4.17. The van der Waals surface area contributed by atoms with E-state index in [0.717, 1.165) is 36.8 Å². The molecule has 0 spiro atoms. The fraction of sp³-hybridized carbons (Fsp3) is 0.323. The Morgan fingerprint density at radius 1 is 0.974 bits per heavy atom. The zero-order chi connectivity index (χ0) is 27.5. The Labute approximate surface area is 228 Å². The molecule has 0 aromatic heterocycles. The van der Waals surface area contributed by atoms with E-state index in [1.807, 2.05) is 31.2 Å². The van der Waals surface area contributed by atoms with Crippen molar-refractivity contribution in [1.82, 2.24) is 5.32 Å². The van der Waals surface area contributed by atoms with Crippen LogP contribution in [-0.4, -0.2) is 36.9 Å². The largest absolute Gasteiger partial charge is 0.497 e. The van der Waals surface area contributed by atoms with Crippen LogP contribution in [0.1, 0.15) is 70.0 Å². The Bertz CT molecular complexity index is 1370. The van der Waals surface area contributed by atoms with Crippen molar-refractivity contribution >= 4 is 29.1 Å². The highest BCUT2D eigenvalue weighted by atomic mass is 16.5. The van der Waals surface area contributed by atoms with Crippen molar-refractivity contribution in [3.05, 3.63) is 89.0 Å². The summed E-state index contributed by atoms with van der Waals surface area (Å²) in [7, 11) is 1.57. The molecular weight excluding hydrogens is 492 g/mol. The zero-order valence-corrected chi connectivity index (χ0v) is 22.3. The van der Waals surface area contributed by atoms with Gasteiger partial charge in [-0.1, -0.05) is 42.7 Å². The number of benzene rings is 3. The fourth-order valence-electron chi connectivity index (χ4n) is 5.39. The molecule has 0 bridgehead atoms. The molecular formula is C31H34N4O4. The molecule has 3 aromatic carbocycles. The molecule has 39 heavy (non-hydrogen) atoms. The minimum atomic E-state index is -0.540. The second kappa shape index (κ2) is 11.3. The molecule has 1 heterocycles. The summed E-state index contributed by atoms with van der Waals surface area (Å²) in [4.78, 5) is 42.0. The summed E-state index contributed by atoms with van der Waals surface area (Å²) < 4.78 is 5.26. The quantitative estimate of drug-likeness (QED) is 0.445. The normalized spacial score (nSPS) is 20.8. The monoisotopic (exact) mass is 526 g/mol. The molecule has 1 saturated carbocycles. The van der Waals surface area contributed by atoms with Crippen LogP contribution in [0.5, 0.6) is 5.75 Å². The first-order chi connectivity index (χ1) is 18.8. The van der Waals surface area contributed by atoms with E-state index in [2.05, 4.69) is 10.6 Å². The molecule has 1 aliphatic carbocycles. The number of rotatable bonds is 5. The van der Waals surface area contributed by atoms with Crippen LogP contribution in [0, 0.1) is 6.92 Å². The first kappa shape index (κ1) is 26.4. The molecule has 2 aliphatic rings. The van der Waals surface area contributed by atoms with Crippen LogP contribution in [0.4, 0.5) is 11.4 Å². The SMILES string of the molecule is COc1ccc(C(=O)N2c3ccc(C(=O)NC4CCCCC4N)cc3NC(=O)CC2c2ccc(C)cc2)cc1. The molecule has 3 atom stereocenters. The summed E-state index contributed by atoms with van der Waals surface area (Å²) in [6, 6.07) is 19.1. The van der Waals surface area contributed by atoms with Gasteiger partial charge in [-0.15, -0.1) is 0 Å². The molecule has 8 heteroatoms. The van der Waals surface area contributed by atoms with Gasteiger partial charge in [-0.05, 0) is 67.8 Å². The highest BCUT2D eigenvalue weighted by Crippen LogP contribution is 2.40. The minimum Gasteiger partial charge on any atom is -0.497 e. The lowest BCUT2D eigenvalue weighted by atomic mass is 9.91. The first-order valence-electron chi connectivity index (χ1n) is 13.4. The van der Waals surface area contributed by atoms with Gasteiger partial charge in [0.15, 0.2) is 0 Å². The van der Waals surface area contributed by atoms with Crippen LogP contribution < -0.4 is 26.0 Å². The number of nitrogens with zero attached hydrogens (tertiary/aromatic N) is 1. The molecule has 3 unspecified atom stereocenters. The van der Waals surface area contributed by atoms with E-state index >= 15 is 0 Å². The lowest BCUT2D eigenvalue weighted by molar-refractivity contribution is -0.116. The number of ether oxygens (including phenoxy) is 1. The number of carbonyl (C=O) groups excluding carboxylic acids is 3. The number of aryl methyl sites for hydroxylation is 1. The van der Waals surface area contributed by atoms with Gasteiger partial charge < -0.3 is 21.1 Å². The summed E-state index contributed by atoms with van der Waals surface area (Å²) in [6.07, 6.45) is 3.89. The standard InChI is InChI=1S/C31H34N4O4/c1-19-7-9-20(10-8-19)28-18-29(36)33-26-17-22(30(37)34-25-6-4-3-5-24(25)32)13-16-27(26)35(28)31(38)21-11-14-23(39-2)15-12-21/h7-17,24-25,28H,3-6,18,32H2,1-2H3,(H,33,36)(H,34,37). The maximum Gasteiger partial charge on any atom is 0.258 e. The number of nitrogens with one attached hydrogen (secondary N) is 2. The Balaban J connectivity index is 1.54. The van der Waals surface area contributed by atoms with E-state index in [1.165, 1.54) is 0 Å². The second-order valence-electron chi connectivity index (χ2n) is 10.3. The maximum absolute atomic E-state index is 14.0. The van der Waals surface area contributed by atoms with Gasteiger partial charge in [0.2, 0.25) is 5.91 Å². The van der Waals surface area contributed by atoms with Crippen molar-refractivity contribution in [2.45, 2.75) is 57.2 Å². The Morgan fingerprint density at radius 2 is 1.67 bits per heavy atom. The second-order valence-corrected chi connectivity index (χ2v) is 10.3. The smallest absolute Gasteiger partial charge is 0.258 e. The highest BCUT2D eigenvalue weighted by molar-refractivity contribution is 6.12. The predicted molar refractivity (Wildman–Crippen MR) is 151 cm³/mol. The van der Waals surface area contributed by atoms with Gasteiger partial charge >= 0.3 is 0 Å². The number of hydrogen-bond acceptors (Lipinski definition) is 5. The van der Waals surface area contributed by atoms with E-state index in [-0.39, 0.29) is 36.2 Å². The van der Waals surface area contributed by atoms with Crippen LogP contribution in [-0.2, 0) is 4.79 Å². The Morgan fingerprint density at radius 3 is 2.36 bits per heavy atom. The van der Waals surface area contributed by atoms with Crippen molar-refractivity contribution < 1.29 is 19.1 Å². The van der Waals surface area contributed by atoms with Crippen LogP contribution >= 0.6 is 0 Å². The lowest BCUT2D eigenvalue weighted by Gasteiger charge is -2.31. The average molecular weight is 527 g/mol. The van der Waals surface area contributed by atoms with Crippen molar-refractivity contribution in [3.8, 4) is 5.75 Å². The molecule has 3 aromatic rings. The summed E-state index contributed by atoms with van der Waals surface area (Å²) in [5.74, 6) is -0.102. The van der Waals surface area contributed by atoms with Gasteiger partial charge in [-0.3, -0.25) is 19.3 Å². The average Bonchev–Trinajstić information content (AvgIpc) is 3.09. The lowest BCUT2D eigenvalue weighted by Crippen LogP contribution is -2.49. The number of amides is 3. The third-order valence-corrected chi connectivity index (χ3v) is 7.64. The van der Waals surface area contributed by atoms with E-state index in [1.54, 1.807) is 54.5 Å². The molecule has 5 rings (SSSR count). The number of fused-ring (bicyclic) bond motifs is 1. The van der Waals surface area contributed by atoms with E-state index in [9.17, 15) is 14.4 Å².